The van der Waals surface area contributed by atoms with Crippen molar-refractivity contribution >= 4 is 5.91 Å². The molecule has 1 heterocycles. The summed E-state index contributed by atoms with van der Waals surface area (Å²) in [6.07, 6.45) is 2.58. The molecule has 4 nitrogen and oxygen atoms in total. The second kappa shape index (κ2) is 9.85. The highest BCUT2D eigenvalue weighted by Gasteiger charge is 2.26. The van der Waals surface area contributed by atoms with Crippen molar-refractivity contribution in [3.8, 4) is 0 Å². The maximum absolute atomic E-state index is 11.3. The van der Waals surface area contributed by atoms with Gasteiger partial charge < -0.3 is 11.1 Å². The molecule has 0 bridgehead atoms. The molecule has 0 saturated carbocycles. The summed E-state index contributed by atoms with van der Waals surface area (Å²) in [5, 5.41) is 3.58. The third kappa shape index (κ3) is 5.91. The molecule has 28 heavy (non-hydrogen) atoms. The number of carbonyl (C=O) groups is 1. The second-order valence-corrected chi connectivity index (χ2v) is 8.37. The van der Waals surface area contributed by atoms with Gasteiger partial charge in [-0.15, -0.1) is 0 Å². The van der Waals surface area contributed by atoms with E-state index in [0.29, 0.717) is 18.4 Å². The molecule has 0 saturated heterocycles. The zero-order valence-electron chi connectivity index (χ0n) is 17.2. The van der Waals surface area contributed by atoms with Gasteiger partial charge in [0.05, 0.1) is 6.42 Å². The number of amides is 1. The van der Waals surface area contributed by atoms with Crippen molar-refractivity contribution < 1.29 is 4.79 Å². The summed E-state index contributed by atoms with van der Waals surface area (Å²) in [6, 6.07) is 17.5. The fourth-order valence-electron chi connectivity index (χ4n) is 4.15. The fourth-order valence-corrected chi connectivity index (χ4v) is 4.15. The molecular formula is C24H33N3O. The van der Waals surface area contributed by atoms with Crippen molar-refractivity contribution in [1.29, 1.82) is 0 Å². The highest BCUT2D eigenvalue weighted by Crippen LogP contribution is 2.27. The first-order valence-electron chi connectivity index (χ1n) is 10.4. The van der Waals surface area contributed by atoms with E-state index in [4.69, 9.17) is 5.73 Å². The number of fused-ring (bicyclic) bond motifs is 1. The van der Waals surface area contributed by atoms with Crippen molar-refractivity contribution in [3.63, 3.8) is 0 Å². The van der Waals surface area contributed by atoms with Gasteiger partial charge in [-0.1, -0.05) is 62.4 Å². The standard InChI is InChI=1S/C24H33N3O/c1-18(2)12-23-15-22-13-20(14-24(25)28)8-9-21(22)17-27(23)11-10-26-16-19-6-4-3-5-7-19/h3-9,13,18,23,26H,10-12,14-17H2,1-2H3,(H2,25,28). The van der Waals surface area contributed by atoms with Crippen LogP contribution in [0.15, 0.2) is 48.5 Å². The lowest BCUT2D eigenvalue weighted by atomic mass is 9.88. The minimum Gasteiger partial charge on any atom is -0.369 e. The normalized spacial score (nSPS) is 16.9. The Morgan fingerprint density at radius 1 is 1.14 bits per heavy atom. The van der Waals surface area contributed by atoms with Crippen molar-refractivity contribution in [2.75, 3.05) is 13.1 Å². The van der Waals surface area contributed by atoms with Crippen LogP contribution in [0.5, 0.6) is 0 Å². The zero-order valence-corrected chi connectivity index (χ0v) is 17.2. The number of nitrogens with two attached hydrogens (primary N) is 1. The third-order valence-corrected chi connectivity index (χ3v) is 5.49. The molecule has 1 unspecified atom stereocenters. The zero-order chi connectivity index (χ0) is 19.9. The molecule has 1 atom stereocenters. The van der Waals surface area contributed by atoms with Crippen LogP contribution in [-0.2, 0) is 30.7 Å². The molecule has 1 aliphatic heterocycles. The lowest BCUT2D eigenvalue weighted by Gasteiger charge is -2.38. The Morgan fingerprint density at radius 3 is 2.64 bits per heavy atom. The predicted molar refractivity (Wildman–Crippen MR) is 115 cm³/mol. The summed E-state index contributed by atoms with van der Waals surface area (Å²) < 4.78 is 0. The molecule has 150 valence electrons. The van der Waals surface area contributed by atoms with Crippen LogP contribution in [0.1, 0.15) is 42.5 Å². The number of benzene rings is 2. The molecule has 1 aliphatic rings. The first-order chi connectivity index (χ1) is 13.5. The Labute approximate surface area is 169 Å². The summed E-state index contributed by atoms with van der Waals surface area (Å²) in [5.41, 5.74) is 10.5. The second-order valence-electron chi connectivity index (χ2n) is 8.37. The van der Waals surface area contributed by atoms with E-state index in [0.717, 1.165) is 38.2 Å². The van der Waals surface area contributed by atoms with Crippen LogP contribution in [-0.4, -0.2) is 29.9 Å². The average molecular weight is 380 g/mol. The number of primary amides is 1. The van der Waals surface area contributed by atoms with Gasteiger partial charge in [0.1, 0.15) is 0 Å². The number of rotatable bonds is 9. The van der Waals surface area contributed by atoms with Gasteiger partial charge in [0.25, 0.3) is 0 Å². The molecule has 0 aromatic heterocycles. The Balaban J connectivity index is 1.61. The average Bonchev–Trinajstić information content (AvgIpc) is 2.65. The van der Waals surface area contributed by atoms with Gasteiger partial charge >= 0.3 is 0 Å². The Hall–Kier alpha value is -2.17. The van der Waals surface area contributed by atoms with Gasteiger partial charge in [-0.25, -0.2) is 0 Å². The molecule has 2 aromatic rings. The highest BCUT2D eigenvalue weighted by atomic mass is 16.1. The molecule has 3 N–H and O–H groups in total. The van der Waals surface area contributed by atoms with E-state index in [-0.39, 0.29) is 5.91 Å². The number of hydrogen-bond acceptors (Lipinski definition) is 3. The van der Waals surface area contributed by atoms with Gasteiger partial charge in [0, 0.05) is 32.2 Å². The molecule has 0 radical (unpaired) electrons. The summed E-state index contributed by atoms with van der Waals surface area (Å²) >= 11 is 0. The Morgan fingerprint density at radius 2 is 1.93 bits per heavy atom. The maximum atomic E-state index is 11.3. The first-order valence-corrected chi connectivity index (χ1v) is 10.4. The van der Waals surface area contributed by atoms with Crippen LogP contribution in [0.3, 0.4) is 0 Å². The van der Waals surface area contributed by atoms with E-state index in [2.05, 4.69) is 72.6 Å². The molecule has 2 aromatic carbocycles. The van der Waals surface area contributed by atoms with Crippen LogP contribution in [0.4, 0.5) is 0 Å². The van der Waals surface area contributed by atoms with Crippen LogP contribution < -0.4 is 11.1 Å². The molecule has 0 aliphatic carbocycles. The molecule has 4 heteroatoms. The highest BCUT2D eigenvalue weighted by molar-refractivity contribution is 5.76. The van der Waals surface area contributed by atoms with Crippen molar-refractivity contribution in [2.24, 2.45) is 11.7 Å². The van der Waals surface area contributed by atoms with Gasteiger partial charge in [-0.05, 0) is 41.0 Å². The topological polar surface area (TPSA) is 58.4 Å². The molecular weight excluding hydrogens is 346 g/mol. The van der Waals surface area contributed by atoms with Crippen LogP contribution in [0, 0.1) is 5.92 Å². The smallest absolute Gasteiger partial charge is 0.221 e. The molecule has 3 rings (SSSR count). The van der Waals surface area contributed by atoms with Crippen LogP contribution in [0.25, 0.3) is 0 Å². The van der Waals surface area contributed by atoms with E-state index in [1.54, 1.807) is 0 Å². The number of carbonyl (C=O) groups excluding carboxylic acids is 1. The number of nitrogens with zero attached hydrogens (tertiary/aromatic N) is 1. The maximum Gasteiger partial charge on any atom is 0.221 e. The molecule has 0 spiro atoms. The minimum absolute atomic E-state index is 0.263. The summed E-state index contributed by atoms with van der Waals surface area (Å²) in [7, 11) is 0. The summed E-state index contributed by atoms with van der Waals surface area (Å²) in [4.78, 5) is 13.9. The SMILES string of the molecule is CC(C)CC1Cc2cc(CC(N)=O)ccc2CN1CCNCc1ccccc1. The first kappa shape index (κ1) is 20.6. The Kier molecular flexibility index (Phi) is 7.24. The minimum atomic E-state index is -0.263. The van der Waals surface area contributed by atoms with E-state index < -0.39 is 0 Å². The van der Waals surface area contributed by atoms with Gasteiger partial charge in [0.15, 0.2) is 0 Å². The van der Waals surface area contributed by atoms with Crippen LogP contribution in [0.2, 0.25) is 0 Å². The lowest BCUT2D eigenvalue weighted by molar-refractivity contribution is -0.117. The van der Waals surface area contributed by atoms with Crippen molar-refractivity contribution in [2.45, 2.75) is 52.2 Å². The van der Waals surface area contributed by atoms with E-state index in [9.17, 15) is 4.79 Å². The Bertz CT molecular complexity index is 773. The molecule has 0 fully saturated rings. The summed E-state index contributed by atoms with van der Waals surface area (Å²) in [5.74, 6) is 0.403. The van der Waals surface area contributed by atoms with Crippen LogP contribution >= 0.6 is 0 Å². The van der Waals surface area contributed by atoms with E-state index in [1.807, 2.05) is 0 Å². The monoisotopic (exact) mass is 379 g/mol. The van der Waals surface area contributed by atoms with E-state index in [1.165, 1.54) is 23.1 Å². The van der Waals surface area contributed by atoms with Crippen molar-refractivity contribution in [3.05, 3.63) is 70.8 Å². The number of hydrogen-bond donors (Lipinski definition) is 2. The fraction of sp³-hybridized carbons (Fsp3) is 0.458. The van der Waals surface area contributed by atoms with E-state index >= 15 is 0 Å². The van der Waals surface area contributed by atoms with Gasteiger partial charge in [0.2, 0.25) is 5.91 Å². The van der Waals surface area contributed by atoms with Gasteiger partial charge in [-0.3, -0.25) is 9.69 Å². The quantitative estimate of drug-likeness (QED) is 0.658. The molecule has 1 amide bonds. The largest absolute Gasteiger partial charge is 0.369 e. The lowest BCUT2D eigenvalue weighted by Crippen LogP contribution is -2.44. The third-order valence-electron chi connectivity index (χ3n) is 5.49. The number of nitrogens with one attached hydrogen (secondary N) is 1. The summed E-state index contributed by atoms with van der Waals surface area (Å²) in [6.45, 7) is 8.52. The van der Waals surface area contributed by atoms with Crippen molar-refractivity contribution in [1.82, 2.24) is 10.2 Å². The predicted octanol–water partition coefficient (Wildman–Crippen LogP) is 3.28. The van der Waals surface area contributed by atoms with Gasteiger partial charge in [-0.2, -0.15) is 0 Å².